The van der Waals surface area contributed by atoms with Crippen LogP contribution in [0.1, 0.15) is 13.3 Å². The number of amides is 1. The molecule has 1 amide bonds. The van der Waals surface area contributed by atoms with E-state index in [-0.39, 0.29) is 32.7 Å². The van der Waals surface area contributed by atoms with Gasteiger partial charge in [-0.25, -0.2) is 4.39 Å². The first-order chi connectivity index (χ1) is 8.88. The molecule has 7 heteroatoms. The zero-order valence-corrected chi connectivity index (χ0v) is 12.3. The predicted molar refractivity (Wildman–Crippen MR) is 75.5 cm³/mol. The van der Waals surface area contributed by atoms with Crippen LogP contribution in [-0.4, -0.2) is 22.8 Å². The molecule has 1 aromatic rings. The van der Waals surface area contributed by atoms with Crippen molar-refractivity contribution in [3.05, 3.63) is 28.0 Å². The van der Waals surface area contributed by atoms with E-state index in [1.807, 2.05) is 0 Å². The Bertz CT molecular complexity index is 530. The second-order valence-corrected chi connectivity index (χ2v) is 6.45. The van der Waals surface area contributed by atoms with Gasteiger partial charge in [-0.05, 0) is 12.1 Å². The summed E-state index contributed by atoms with van der Waals surface area (Å²) in [5.74, 6) is -0.728. The number of rotatable bonds is 2. The maximum absolute atomic E-state index is 13.1. The van der Waals surface area contributed by atoms with Crippen LogP contribution in [0.4, 0.5) is 10.1 Å². The third-order valence-electron chi connectivity index (χ3n) is 2.67. The lowest BCUT2D eigenvalue weighted by atomic mass is 10.3. The molecule has 0 aliphatic carbocycles. The molecule has 0 aromatic heterocycles. The molecule has 1 aliphatic heterocycles. The van der Waals surface area contributed by atoms with Crippen molar-refractivity contribution in [2.24, 2.45) is 0 Å². The largest absolute Gasteiger partial charge is 0.308 e. The summed E-state index contributed by atoms with van der Waals surface area (Å²) in [6.45, 7) is 1.80. The maximum atomic E-state index is 13.1. The second kappa shape index (κ2) is 5.69. The van der Waals surface area contributed by atoms with Gasteiger partial charge in [0.25, 0.3) is 0 Å². The number of halogens is 3. The van der Waals surface area contributed by atoms with Crippen molar-refractivity contribution in [1.82, 2.24) is 0 Å². The van der Waals surface area contributed by atoms with Crippen LogP contribution in [0, 0.1) is 5.82 Å². The Morgan fingerprint density at radius 3 is 2.53 bits per heavy atom. The van der Waals surface area contributed by atoms with Crippen molar-refractivity contribution >= 4 is 51.7 Å². The summed E-state index contributed by atoms with van der Waals surface area (Å²) >= 11 is 13.0. The number of hydrogen-bond donors (Lipinski definition) is 0. The summed E-state index contributed by atoms with van der Waals surface area (Å²) in [7, 11) is 0. The van der Waals surface area contributed by atoms with Crippen molar-refractivity contribution < 1.29 is 14.0 Å². The molecule has 19 heavy (non-hydrogen) atoms. The molecule has 1 heterocycles. The zero-order valence-electron chi connectivity index (χ0n) is 9.95. The number of nitrogens with zero attached hydrogens (tertiary/aromatic N) is 1. The summed E-state index contributed by atoms with van der Waals surface area (Å²) in [5.41, 5.74) is 0.307. The van der Waals surface area contributed by atoms with Crippen molar-refractivity contribution in [2.45, 2.75) is 18.6 Å². The Hall–Kier alpha value is -0.780. The van der Waals surface area contributed by atoms with Gasteiger partial charge in [0.05, 0.1) is 15.7 Å². The fraction of sp³-hybridized carbons (Fsp3) is 0.333. The molecular formula is C12H10Cl2FNO2S. The summed E-state index contributed by atoms with van der Waals surface area (Å²) < 4.78 is 13.1. The number of thioether (sulfide) groups is 1. The third-order valence-corrected chi connectivity index (χ3v) is 4.23. The average molecular weight is 322 g/mol. The standard InChI is InChI=1S/C12H10Cl2FNO2S/c1-6(17)19-8-4-11(18)16(5-8)12-9(13)2-7(15)3-10(12)14/h2-3,8H,4-5H2,1H3. The van der Waals surface area contributed by atoms with E-state index < -0.39 is 5.82 Å². The number of carbonyl (C=O) groups excluding carboxylic acids is 2. The van der Waals surface area contributed by atoms with E-state index in [9.17, 15) is 14.0 Å². The van der Waals surface area contributed by atoms with Gasteiger partial charge in [0.1, 0.15) is 5.82 Å². The van der Waals surface area contributed by atoms with Gasteiger partial charge in [-0.2, -0.15) is 0 Å². The smallest absolute Gasteiger partial charge is 0.228 e. The van der Waals surface area contributed by atoms with Crippen LogP contribution in [0.2, 0.25) is 10.0 Å². The highest BCUT2D eigenvalue weighted by molar-refractivity contribution is 8.14. The van der Waals surface area contributed by atoms with Crippen LogP contribution in [0.25, 0.3) is 0 Å². The molecular weight excluding hydrogens is 312 g/mol. The summed E-state index contributed by atoms with van der Waals surface area (Å²) in [5, 5.41) is 0.0109. The van der Waals surface area contributed by atoms with Crippen molar-refractivity contribution in [3.8, 4) is 0 Å². The van der Waals surface area contributed by atoms with Crippen LogP contribution in [0.3, 0.4) is 0 Å². The lowest BCUT2D eigenvalue weighted by Crippen LogP contribution is -2.25. The van der Waals surface area contributed by atoms with Gasteiger partial charge in [-0.3, -0.25) is 9.59 Å². The molecule has 3 nitrogen and oxygen atoms in total. The zero-order chi connectivity index (χ0) is 14.2. The Labute approximate surface area is 124 Å². The fourth-order valence-corrected chi connectivity index (χ4v) is 3.58. The normalized spacial score (nSPS) is 19.1. The predicted octanol–water partition coefficient (Wildman–Crippen LogP) is 3.52. The van der Waals surface area contributed by atoms with Crippen LogP contribution >= 0.6 is 35.0 Å². The SMILES string of the molecule is CC(=O)SC1CC(=O)N(c2c(Cl)cc(F)cc2Cl)C1. The molecule has 0 spiro atoms. The Kier molecular flexibility index (Phi) is 4.38. The average Bonchev–Trinajstić information content (AvgIpc) is 2.57. The molecule has 1 unspecified atom stereocenters. The Balaban J connectivity index is 2.28. The van der Waals surface area contributed by atoms with Crippen LogP contribution in [-0.2, 0) is 9.59 Å². The first kappa shape index (κ1) is 14.6. The summed E-state index contributed by atoms with van der Waals surface area (Å²) in [6.07, 6.45) is 0.244. The number of anilines is 1. The molecule has 1 aliphatic rings. The van der Waals surface area contributed by atoms with Gasteiger partial charge in [0.15, 0.2) is 5.12 Å². The minimum atomic E-state index is -0.556. The van der Waals surface area contributed by atoms with E-state index in [0.717, 1.165) is 23.9 Å². The lowest BCUT2D eigenvalue weighted by molar-refractivity contribution is -0.117. The molecule has 0 bridgehead atoms. The Morgan fingerprint density at radius 1 is 1.42 bits per heavy atom. The van der Waals surface area contributed by atoms with Gasteiger partial charge in [-0.1, -0.05) is 35.0 Å². The molecule has 1 atom stereocenters. The van der Waals surface area contributed by atoms with Crippen molar-refractivity contribution in [1.29, 1.82) is 0 Å². The van der Waals surface area contributed by atoms with E-state index in [0.29, 0.717) is 12.2 Å². The Morgan fingerprint density at radius 2 is 2.00 bits per heavy atom. The van der Waals surface area contributed by atoms with E-state index >= 15 is 0 Å². The van der Waals surface area contributed by atoms with Gasteiger partial charge in [-0.15, -0.1) is 0 Å². The molecule has 1 fully saturated rings. The lowest BCUT2D eigenvalue weighted by Gasteiger charge is -2.19. The quantitative estimate of drug-likeness (QED) is 0.836. The van der Waals surface area contributed by atoms with E-state index in [2.05, 4.69) is 0 Å². The highest BCUT2D eigenvalue weighted by Crippen LogP contribution is 2.38. The topological polar surface area (TPSA) is 37.4 Å². The van der Waals surface area contributed by atoms with E-state index in [1.165, 1.54) is 11.8 Å². The highest BCUT2D eigenvalue weighted by atomic mass is 35.5. The highest BCUT2D eigenvalue weighted by Gasteiger charge is 2.34. The molecule has 0 saturated carbocycles. The van der Waals surface area contributed by atoms with Crippen LogP contribution in [0.5, 0.6) is 0 Å². The molecule has 2 rings (SSSR count). The van der Waals surface area contributed by atoms with E-state index in [4.69, 9.17) is 23.2 Å². The minimum Gasteiger partial charge on any atom is -0.308 e. The third kappa shape index (κ3) is 3.22. The second-order valence-electron chi connectivity index (χ2n) is 4.16. The monoisotopic (exact) mass is 321 g/mol. The van der Waals surface area contributed by atoms with Crippen LogP contribution < -0.4 is 4.90 Å². The van der Waals surface area contributed by atoms with Gasteiger partial charge < -0.3 is 4.90 Å². The molecule has 1 saturated heterocycles. The molecule has 0 N–H and O–H groups in total. The number of carbonyl (C=O) groups is 2. The number of hydrogen-bond acceptors (Lipinski definition) is 3. The van der Waals surface area contributed by atoms with Crippen LogP contribution in [0.15, 0.2) is 12.1 Å². The molecule has 102 valence electrons. The summed E-state index contributed by atoms with van der Waals surface area (Å²) in [6, 6.07) is 2.23. The summed E-state index contributed by atoms with van der Waals surface area (Å²) in [4.78, 5) is 24.4. The van der Waals surface area contributed by atoms with Gasteiger partial charge in [0.2, 0.25) is 5.91 Å². The first-order valence-electron chi connectivity index (χ1n) is 5.50. The molecule has 0 radical (unpaired) electrons. The van der Waals surface area contributed by atoms with Gasteiger partial charge in [0, 0.05) is 25.1 Å². The number of benzene rings is 1. The van der Waals surface area contributed by atoms with E-state index in [1.54, 1.807) is 0 Å². The minimum absolute atomic E-state index is 0.0454. The maximum Gasteiger partial charge on any atom is 0.228 e. The van der Waals surface area contributed by atoms with Crippen molar-refractivity contribution in [2.75, 3.05) is 11.4 Å². The van der Waals surface area contributed by atoms with Crippen molar-refractivity contribution in [3.63, 3.8) is 0 Å². The van der Waals surface area contributed by atoms with Gasteiger partial charge >= 0.3 is 0 Å². The fourth-order valence-electron chi connectivity index (χ4n) is 2.00. The first-order valence-corrected chi connectivity index (χ1v) is 7.14. The molecule has 1 aromatic carbocycles.